The third-order valence-electron chi connectivity index (χ3n) is 13.5. The minimum Gasteiger partial charge on any atom is -0.462 e. The van der Waals surface area contributed by atoms with Gasteiger partial charge < -0.3 is 14.2 Å². The van der Waals surface area contributed by atoms with Gasteiger partial charge in [0.1, 0.15) is 13.2 Å². The van der Waals surface area contributed by atoms with Crippen LogP contribution in [0, 0.1) is 0 Å². The first-order chi connectivity index (χ1) is 38.0. The fourth-order valence-corrected chi connectivity index (χ4v) is 8.73. The monoisotopic (exact) mass is 1070 g/mol. The number of allylic oxidation sites excluding steroid dienone is 20. The highest BCUT2D eigenvalue weighted by Crippen LogP contribution is 2.16. The lowest BCUT2D eigenvalue weighted by Gasteiger charge is -2.18. The SMILES string of the molecule is CC/C=C\C/C=C\C/C=C\C/C=C\C/C=C\C/C=C\CCCCC(=O)OC(COC(=O)CCCCCCCCCCCC/C=C\C/C=C\C/C=C\C/C=C\CC)COC(=O)CCCCCCCCCCCCCCCCC. The van der Waals surface area contributed by atoms with Crippen molar-refractivity contribution in [3.05, 3.63) is 122 Å². The summed E-state index contributed by atoms with van der Waals surface area (Å²) in [5.74, 6) is -0.938. The van der Waals surface area contributed by atoms with E-state index in [0.29, 0.717) is 19.3 Å². The van der Waals surface area contributed by atoms with Crippen LogP contribution in [0.5, 0.6) is 0 Å². The van der Waals surface area contributed by atoms with E-state index in [2.05, 4.69) is 142 Å². The normalized spacial score (nSPS) is 12.9. The number of unbranched alkanes of at least 4 members (excludes halogenated alkanes) is 26. The van der Waals surface area contributed by atoms with Gasteiger partial charge in [-0.15, -0.1) is 0 Å². The van der Waals surface area contributed by atoms with Gasteiger partial charge in [-0.05, 0) is 109 Å². The standard InChI is InChI=1S/C71H118O6/c1-4-7-10-13-16-19-22-25-28-30-32-34-35-37-38-40-43-46-49-52-55-58-61-64-70(73)76-67-68(66-75-69(72)63-60-57-54-51-48-45-42-27-24-21-18-15-12-9-6-3)77-71(74)65-62-59-56-53-50-47-44-41-39-36-33-31-29-26-23-20-17-14-11-8-5-2/h7-8,10-11,16-17,19-20,25-26,28-29,32-34,36,41,44,50,53,68H,4-6,9,12-15,18,21-24,27,30-31,35,37-40,42-43,45-49,51-52,54-67H2,1-3H3/b10-7-,11-8-,19-16-,20-17-,28-25-,29-26-,34-32-,36-33-,44-41-,53-50-. The van der Waals surface area contributed by atoms with Gasteiger partial charge in [0.25, 0.3) is 0 Å². The molecule has 0 aliphatic heterocycles. The lowest BCUT2D eigenvalue weighted by atomic mass is 10.0. The number of carbonyl (C=O) groups is 3. The van der Waals surface area contributed by atoms with Crippen LogP contribution in [-0.4, -0.2) is 37.2 Å². The van der Waals surface area contributed by atoms with Crippen LogP contribution in [0.4, 0.5) is 0 Å². The van der Waals surface area contributed by atoms with Crippen molar-refractivity contribution in [2.24, 2.45) is 0 Å². The molecule has 0 aromatic rings. The summed E-state index contributed by atoms with van der Waals surface area (Å²) in [5.41, 5.74) is 0. The molecule has 1 atom stereocenters. The summed E-state index contributed by atoms with van der Waals surface area (Å²) in [4.78, 5) is 38.3. The Labute approximate surface area is 475 Å². The molecule has 0 amide bonds. The van der Waals surface area contributed by atoms with Crippen molar-refractivity contribution in [1.29, 1.82) is 0 Å². The lowest BCUT2D eigenvalue weighted by molar-refractivity contribution is -0.167. The van der Waals surface area contributed by atoms with Crippen LogP contribution < -0.4 is 0 Å². The molecule has 6 heteroatoms. The molecule has 0 radical (unpaired) electrons. The molecular formula is C71H118O6. The quantitative estimate of drug-likeness (QED) is 0.0261. The summed E-state index contributed by atoms with van der Waals surface area (Å²) in [6.45, 7) is 6.40. The number of hydrogen-bond donors (Lipinski definition) is 0. The molecule has 0 N–H and O–H groups in total. The first-order valence-corrected chi connectivity index (χ1v) is 32.0. The predicted molar refractivity (Wildman–Crippen MR) is 334 cm³/mol. The number of ether oxygens (including phenoxy) is 3. The molecule has 0 aliphatic rings. The van der Waals surface area contributed by atoms with Gasteiger partial charge in [-0.3, -0.25) is 14.4 Å². The molecule has 0 rings (SSSR count). The Hall–Kier alpha value is -4.19. The first-order valence-electron chi connectivity index (χ1n) is 32.0. The predicted octanol–water partition coefficient (Wildman–Crippen LogP) is 22.0. The molecule has 0 spiro atoms. The Balaban J connectivity index is 4.45. The second-order valence-corrected chi connectivity index (χ2v) is 20.9. The molecule has 77 heavy (non-hydrogen) atoms. The van der Waals surface area contributed by atoms with Gasteiger partial charge in [0.05, 0.1) is 0 Å². The number of hydrogen-bond acceptors (Lipinski definition) is 6. The van der Waals surface area contributed by atoms with Crippen LogP contribution >= 0.6 is 0 Å². The highest BCUT2D eigenvalue weighted by Gasteiger charge is 2.19. The molecule has 0 fully saturated rings. The van der Waals surface area contributed by atoms with Crippen molar-refractivity contribution >= 4 is 17.9 Å². The summed E-state index contributed by atoms with van der Waals surface area (Å²) < 4.78 is 16.9. The minimum atomic E-state index is -0.806. The molecule has 0 saturated carbocycles. The largest absolute Gasteiger partial charge is 0.462 e. The highest BCUT2D eigenvalue weighted by molar-refractivity contribution is 5.71. The molecule has 0 bridgehead atoms. The van der Waals surface area contributed by atoms with Gasteiger partial charge >= 0.3 is 17.9 Å². The van der Waals surface area contributed by atoms with Gasteiger partial charge in [-0.2, -0.15) is 0 Å². The maximum atomic E-state index is 12.9. The zero-order valence-corrected chi connectivity index (χ0v) is 50.2. The maximum absolute atomic E-state index is 12.9. The third-order valence-corrected chi connectivity index (χ3v) is 13.5. The molecule has 0 aromatic carbocycles. The Morgan fingerprint density at radius 1 is 0.273 bits per heavy atom. The molecule has 0 aliphatic carbocycles. The van der Waals surface area contributed by atoms with Crippen LogP contribution in [0.1, 0.15) is 290 Å². The molecule has 0 heterocycles. The fraction of sp³-hybridized carbons (Fsp3) is 0.676. The van der Waals surface area contributed by atoms with E-state index in [1.807, 2.05) is 0 Å². The van der Waals surface area contributed by atoms with Crippen LogP contribution in [0.25, 0.3) is 0 Å². The van der Waals surface area contributed by atoms with E-state index in [9.17, 15) is 14.4 Å². The zero-order valence-electron chi connectivity index (χ0n) is 50.2. The van der Waals surface area contributed by atoms with Crippen LogP contribution in [0.2, 0.25) is 0 Å². The molecule has 0 aromatic heterocycles. The van der Waals surface area contributed by atoms with Crippen molar-refractivity contribution in [3.63, 3.8) is 0 Å². The Morgan fingerprint density at radius 3 is 0.818 bits per heavy atom. The molecule has 6 nitrogen and oxygen atoms in total. The van der Waals surface area contributed by atoms with Gasteiger partial charge in [0.15, 0.2) is 6.10 Å². The Kier molecular flexibility index (Phi) is 60.8. The summed E-state index contributed by atoms with van der Waals surface area (Å²) in [7, 11) is 0. The van der Waals surface area contributed by atoms with Crippen molar-refractivity contribution in [3.8, 4) is 0 Å². The summed E-state index contributed by atoms with van der Waals surface area (Å²) in [6.07, 6.45) is 89.1. The van der Waals surface area contributed by atoms with Crippen molar-refractivity contribution in [1.82, 2.24) is 0 Å². The van der Waals surface area contributed by atoms with E-state index in [1.54, 1.807) is 0 Å². The molecular weight excluding hydrogens is 949 g/mol. The van der Waals surface area contributed by atoms with E-state index in [1.165, 1.54) is 128 Å². The van der Waals surface area contributed by atoms with Crippen molar-refractivity contribution in [2.45, 2.75) is 297 Å². The minimum absolute atomic E-state index is 0.0968. The maximum Gasteiger partial charge on any atom is 0.306 e. The van der Waals surface area contributed by atoms with Crippen molar-refractivity contribution < 1.29 is 28.6 Å². The number of rotatable bonds is 57. The van der Waals surface area contributed by atoms with Crippen LogP contribution in [-0.2, 0) is 28.6 Å². The topological polar surface area (TPSA) is 78.9 Å². The van der Waals surface area contributed by atoms with E-state index >= 15 is 0 Å². The number of esters is 3. The van der Waals surface area contributed by atoms with Crippen LogP contribution in [0.3, 0.4) is 0 Å². The average Bonchev–Trinajstić information content (AvgIpc) is 3.43. The fourth-order valence-electron chi connectivity index (χ4n) is 8.73. The van der Waals surface area contributed by atoms with Gasteiger partial charge in [-0.25, -0.2) is 0 Å². The molecule has 438 valence electrons. The van der Waals surface area contributed by atoms with Crippen molar-refractivity contribution in [2.75, 3.05) is 13.2 Å². The second kappa shape index (κ2) is 64.3. The average molecular weight is 1070 g/mol. The van der Waals surface area contributed by atoms with Gasteiger partial charge in [-0.1, -0.05) is 284 Å². The summed E-state index contributed by atoms with van der Waals surface area (Å²) in [5, 5.41) is 0. The van der Waals surface area contributed by atoms with E-state index in [0.717, 1.165) is 116 Å². The van der Waals surface area contributed by atoms with E-state index in [4.69, 9.17) is 14.2 Å². The van der Waals surface area contributed by atoms with Gasteiger partial charge in [0.2, 0.25) is 0 Å². The first kappa shape index (κ1) is 72.8. The van der Waals surface area contributed by atoms with Crippen LogP contribution in [0.15, 0.2) is 122 Å². The van der Waals surface area contributed by atoms with E-state index < -0.39 is 6.10 Å². The zero-order chi connectivity index (χ0) is 55.7. The smallest absolute Gasteiger partial charge is 0.306 e. The second-order valence-electron chi connectivity index (χ2n) is 20.9. The summed E-state index contributed by atoms with van der Waals surface area (Å²) in [6, 6.07) is 0. The summed E-state index contributed by atoms with van der Waals surface area (Å²) >= 11 is 0. The third kappa shape index (κ3) is 62.5. The Morgan fingerprint density at radius 2 is 0.506 bits per heavy atom. The van der Waals surface area contributed by atoms with E-state index in [-0.39, 0.29) is 37.5 Å². The number of carbonyl (C=O) groups excluding carboxylic acids is 3. The van der Waals surface area contributed by atoms with Gasteiger partial charge in [0, 0.05) is 19.3 Å². The molecule has 0 saturated heterocycles. The Bertz CT molecular complexity index is 1600. The lowest BCUT2D eigenvalue weighted by Crippen LogP contribution is -2.30. The molecule has 1 unspecified atom stereocenters. The highest BCUT2D eigenvalue weighted by atomic mass is 16.6.